The van der Waals surface area contributed by atoms with E-state index in [1.807, 2.05) is 30.3 Å². The van der Waals surface area contributed by atoms with Crippen LogP contribution < -0.4 is 10.3 Å². The number of amides is 1. The summed E-state index contributed by atoms with van der Waals surface area (Å²) in [5.74, 6) is -0.305. The number of rotatable bonds is 3. The van der Waals surface area contributed by atoms with Crippen molar-refractivity contribution in [2.75, 3.05) is 24.5 Å². The molecule has 0 N–H and O–H groups in total. The van der Waals surface area contributed by atoms with Gasteiger partial charge in [0.25, 0.3) is 5.91 Å². The number of hydrogen-bond acceptors (Lipinski definition) is 4. The third-order valence-corrected chi connectivity index (χ3v) is 6.78. The van der Waals surface area contributed by atoms with Crippen LogP contribution in [-0.4, -0.2) is 30.4 Å². The van der Waals surface area contributed by atoms with Crippen molar-refractivity contribution in [3.05, 3.63) is 109 Å². The van der Waals surface area contributed by atoms with E-state index in [0.717, 1.165) is 11.3 Å². The third kappa shape index (κ3) is 4.39. The molecule has 1 aromatic heterocycles. The molecule has 0 spiro atoms. The maximum absolute atomic E-state index is 13.4. The van der Waals surface area contributed by atoms with E-state index < -0.39 is 0 Å². The van der Waals surface area contributed by atoms with Crippen molar-refractivity contribution in [2.24, 2.45) is 0 Å². The van der Waals surface area contributed by atoms with Crippen LogP contribution in [0.15, 0.2) is 82.0 Å². The number of anilines is 1. The van der Waals surface area contributed by atoms with Crippen LogP contribution in [0.4, 0.5) is 5.69 Å². The summed E-state index contributed by atoms with van der Waals surface area (Å²) < 4.78 is 5.80. The minimum absolute atomic E-state index is 0.0246. The van der Waals surface area contributed by atoms with Crippen LogP contribution in [0.1, 0.15) is 22.2 Å². The van der Waals surface area contributed by atoms with Gasteiger partial charge in [-0.15, -0.1) is 0 Å². The second kappa shape index (κ2) is 9.34. The van der Waals surface area contributed by atoms with Gasteiger partial charge in [0.2, 0.25) is 0 Å². The fourth-order valence-electron chi connectivity index (χ4n) is 4.31. The Morgan fingerprint density at radius 3 is 2.38 bits per heavy atom. The Kier molecular flexibility index (Phi) is 6.26. The van der Waals surface area contributed by atoms with E-state index in [2.05, 4.69) is 4.90 Å². The zero-order chi connectivity index (χ0) is 23.8. The number of para-hydroxylation sites is 1. The fourth-order valence-corrected chi connectivity index (χ4v) is 4.95. The molecule has 5 rings (SSSR count). The van der Waals surface area contributed by atoms with Crippen molar-refractivity contribution >= 4 is 57.4 Å². The summed E-state index contributed by atoms with van der Waals surface area (Å²) >= 11 is 18.8. The number of carbonyl (C=O) groups is 1. The highest BCUT2D eigenvalue weighted by molar-refractivity contribution is 6.36. The van der Waals surface area contributed by atoms with E-state index in [1.54, 1.807) is 41.3 Å². The predicted octanol–water partition coefficient (Wildman–Crippen LogP) is 6.46. The average Bonchev–Trinajstić information content (AvgIpc) is 2.84. The molecule has 2 heterocycles. The van der Waals surface area contributed by atoms with E-state index in [9.17, 15) is 9.59 Å². The Bertz CT molecular complexity index is 1440. The van der Waals surface area contributed by atoms with Gasteiger partial charge in [0.15, 0.2) is 11.2 Å². The van der Waals surface area contributed by atoms with Gasteiger partial charge in [-0.3, -0.25) is 9.59 Å². The van der Waals surface area contributed by atoms with Gasteiger partial charge in [-0.2, -0.15) is 0 Å². The van der Waals surface area contributed by atoms with Crippen molar-refractivity contribution in [2.45, 2.75) is 6.04 Å². The lowest BCUT2D eigenvalue weighted by atomic mass is 10.0. The van der Waals surface area contributed by atoms with E-state index in [0.29, 0.717) is 45.7 Å². The molecule has 1 aliphatic heterocycles. The predicted molar refractivity (Wildman–Crippen MR) is 136 cm³/mol. The zero-order valence-corrected chi connectivity index (χ0v) is 20.1. The summed E-state index contributed by atoms with van der Waals surface area (Å²) in [4.78, 5) is 29.8. The van der Waals surface area contributed by atoms with Crippen LogP contribution in [0.3, 0.4) is 0 Å². The smallest absolute Gasteiger partial charge is 0.289 e. The average molecular weight is 514 g/mol. The van der Waals surface area contributed by atoms with Gasteiger partial charge in [-0.1, -0.05) is 59.1 Å². The first kappa shape index (κ1) is 22.8. The van der Waals surface area contributed by atoms with Gasteiger partial charge in [0.05, 0.1) is 22.1 Å². The van der Waals surface area contributed by atoms with Crippen molar-refractivity contribution < 1.29 is 9.21 Å². The number of carbonyl (C=O) groups excluding carboxylic acids is 1. The number of benzene rings is 3. The van der Waals surface area contributed by atoms with Gasteiger partial charge in [0.1, 0.15) is 5.58 Å². The van der Waals surface area contributed by atoms with Crippen molar-refractivity contribution in [3.63, 3.8) is 0 Å². The lowest BCUT2D eigenvalue weighted by Gasteiger charge is -2.43. The topological polar surface area (TPSA) is 53.8 Å². The van der Waals surface area contributed by atoms with E-state index in [4.69, 9.17) is 39.2 Å². The van der Waals surface area contributed by atoms with Crippen molar-refractivity contribution in [1.82, 2.24) is 4.90 Å². The molecule has 0 bridgehead atoms. The molecule has 34 heavy (non-hydrogen) atoms. The standard InChI is InChI=1S/C26H19Cl3N2O3/c27-17-7-5-16(6-8-17)22-15-30(11-12-31(22)21-10-9-18(28)13-20(21)29)26(33)25-14-23(32)19-3-1-2-4-24(19)34-25/h1-10,13-14,22H,11-12,15H2. The molecule has 1 amide bonds. The quantitative estimate of drug-likeness (QED) is 0.316. The summed E-state index contributed by atoms with van der Waals surface area (Å²) in [7, 11) is 0. The molecular weight excluding hydrogens is 495 g/mol. The van der Waals surface area contributed by atoms with E-state index >= 15 is 0 Å². The maximum Gasteiger partial charge on any atom is 0.289 e. The van der Waals surface area contributed by atoms with Crippen LogP contribution in [-0.2, 0) is 0 Å². The summed E-state index contributed by atoms with van der Waals surface area (Å²) in [6, 6.07) is 20.9. The van der Waals surface area contributed by atoms with Crippen LogP contribution in [0.2, 0.25) is 15.1 Å². The third-order valence-electron chi connectivity index (χ3n) is 5.99. The fraction of sp³-hybridized carbons (Fsp3) is 0.154. The van der Waals surface area contributed by atoms with Crippen LogP contribution in [0, 0.1) is 0 Å². The van der Waals surface area contributed by atoms with Gasteiger partial charge in [0, 0.05) is 35.7 Å². The summed E-state index contributed by atoms with van der Waals surface area (Å²) in [5, 5.41) is 2.16. The summed E-state index contributed by atoms with van der Waals surface area (Å²) in [6.45, 7) is 1.33. The Morgan fingerprint density at radius 2 is 1.62 bits per heavy atom. The molecule has 1 saturated heterocycles. The molecule has 0 radical (unpaired) electrons. The summed E-state index contributed by atoms with van der Waals surface area (Å²) in [6.07, 6.45) is 0. The first-order valence-corrected chi connectivity index (χ1v) is 11.8. The minimum atomic E-state index is -0.330. The molecule has 0 saturated carbocycles. The number of nitrogens with zero attached hydrogens (tertiary/aromatic N) is 2. The lowest BCUT2D eigenvalue weighted by molar-refractivity contribution is 0.0690. The lowest BCUT2D eigenvalue weighted by Crippen LogP contribution is -2.50. The number of fused-ring (bicyclic) bond motifs is 1. The number of hydrogen-bond donors (Lipinski definition) is 0. The molecule has 1 aliphatic rings. The highest BCUT2D eigenvalue weighted by Gasteiger charge is 2.33. The molecule has 5 nitrogen and oxygen atoms in total. The van der Waals surface area contributed by atoms with Gasteiger partial charge in [-0.25, -0.2) is 0 Å². The Balaban J connectivity index is 1.50. The molecular formula is C26H19Cl3N2O3. The molecule has 1 fully saturated rings. The zero-order valence-electron chi connectivity index (χ0n) is 17.9. The van der Waals surface area contributed by atoms with Crippen LogP contribution >= 0.6 is 34.8 Å². The SMILES string of the molecule is O=C(c1cc(=O)c2ccccc2o1)N1CCN(c2ccc(Cl)cc2Cl)C(c2ccc(Cl)cc2)C1. The molecule has 172 valence electrons. The van der Waals surface area contributed by atoms with Crippen molar-refractivity contribution in [3.8, 4) is 0 Å². The highest BCUT2D eigenvalue weighted by Crippen LogP contribution is 2.37. The van der Waals surface area contributed by atoms with Gasteiger partial charge < -0.3 is 14.2 Å². The number of piperazine rings is 1. The molecule has 1 atom stereocenters. The Hall–Kier alpha value is -2.99. The van der Waals surface area contributed by atoms with Crippen LogP contribution in [0.25, 0.3) is 11.0 Å². The first-order chi connectivity index (χ1) is 16.4. The molecule has 3 aromatic carbocycles. The van der Waals surface area contributed by atoms with E-state index in [-0.39, 0.29) is 23.1 Å². The Labute approximate surface area is 211 Å². The van der Waals surface area contributed by atoms with E-state index in [1.165, 1.54) is 6.07 Å². The largest absolute Gasteiger partial charge is 0.451 e. The first-order valence-electron chi connectivity index (χ1n) is 10.7. The van der Waals surface area contributed by atoms with Gasteiger partial charge >= 0.3 is 0 Å². The van der Waals surface area contributed by atoms with Crippen LogP contribution in [0.5, 0.6) is 0 Å². The Morgan fingerprint density at radius 1 is 0.882 bits per heavy atom. The molecule has 4 aromatic rings. The second-order valence-corrected chi connectivity index (χ2v) is 9.36. The van der Waals surface area contributed by atoms with Gasteiger partial charge in [-0.05, 0) is 48.0 Å². The molecule has 1 unspecified atom stereocenters. The monoisotopic (exact) mass is 512 g/mol. The highest BCUT2D eigenvalue weighted by atomic mass is 35.5. The normalized spacial score (nSPS) is 16.1. The van der Waals surface area contributed by atoms with Crippen molar-refractivity contribution in [1.29, 1.82) is 0 Å². The molecule has 0 aliphatic carbocycles. The molecule has 8 heteroatoms. The second-order valence-electron chi connectivity index (χ2n) is 8.08. The summed E-state index contributed by atoms with van der Waals surface area (Å²) in [5.41, 5.74) is 1.95. The minimum Gasteiger partial charge on any atom is -0.451 e. The maximum atomic E-state index is 13.4. The number of halogens is 3.